The Morgan fingerprint density at radius 1 is 0.511 bits per heavy atom. The molecule has 0 amide bonds. The van der Waals surface area contributed by atoms with Gasteiger partial charge in [-0.05, 0) is 190 Å². The van der Waals surface area contributed by atoms with Gasteiger partial charge in [-0.3, -0.25) is 0 Å². The topological polar surface area (TPSA) is 52.6 Å². The van der Waals surface area contributed by atoms with E-state index in [1.54, 1.807) is 6.92 Å². The summed E-state index contributed by atoms with van der Waals surface area (Å²) < 4.78 is 10.8. The Hall–Kier alpha value is -3.92. The molecule has 4 nitrogen and oxygen atoms in total. The Labute approximate surface area is 271 Å². The lowest BCUT2D eigenvalue weighted by Gasteiger charge is -2.28. The highest BCUT2D eigenvalue weighted by Crippen LogP contribution is 2.45. The molecule has 45 heavy (non-hydrogen) atoms. The normalized spacial score (nSPS) is 11.0. The van der Waals surface area contributed by atoms with E-state index < -0.39 is 0 Å². The van der Waals surface area contributed by atoms with Crippen LogP contribution < -0.4 is 0 Å². The summed E-state index contributed by atoms with van der Waals surface area (Å²) in [5.74, 6) is -0.727. The van der Waals surface area contributed by atoms with Gasteiger partial charge in [0.05, 0.1) is 13.2 Å². The van der Waals surface area contributed by atoms with Gasteiger partial charge in [-0.1, -0.05) is 13.2 Å². The van der Waals surface area contributed by atoms with E-state index in [2.05, 4.69) is 96.2 Å². The van der Waals surface area contributed by atoms with E-state index in [-0.39, 0.29) is 11.9 Å². The standard InChI is InChI=1S/C41H52O4/c1-16-36(42)44-19-17-34-22(4)26(8)37(27(9)23(34)5)39-30(12)32(14)40(33(15)31(39)13)38-28(10)24(6)35(25(7)29(38)11)18-20-45-41(43)21(2)3/h16H,1-2,17-20H2,3-15H3. The molecule has 3 rings (SSSR count). The minimum atomic E-state index is -0.387. The van der Waals surface area contributed by atoms with Crippen LogP contribution in [0.2, 0.25) is 0 Å². The molecule has 240 valence electrons. The van der Waals surface area contributed by atoms with E-state index in [1.807, 2.05) is 0 Å². The summed E-state index contributed by atoms with van der Waals surface area (Å²) in [5, 5.41) is 0. The third kappa shape index (κ3) is 6.57. The van der Waals surface area contributed by atoms with Crippen LogP contribution >= 0.6 is 0 Å². The number of rotatable bonds is 10. The van der Waals surface area contributed by atoms with Crippen molar-refractivity contribution in [3.05, 3.63) is 103 Å². The second-order valence-electron chi connectivity index (χ2n) is 12.7. The number of carbonyl (C=O) groups is 2. The second-order valence-corrected chi connectivity index (χ2v) is 12.7. The predicted octanol–water partition coefficient (Wildman–Crippen LogP) is 9.66. The van der Waals surface area contributed by atoms with Gasteiger partial charge in [-0.25, -0.2) is 9.59 Å². The molecule has 3 aromatic rings. The molecular weight excluding hydrogens is 556 g/mol. The van der Waals surface area contributed by atoms with Gasteiger partial charge < -0.3 is 9.47 Å². The Morgan fingerprint density at radius 3 is 1.04 bits per heavy atom. The lowest BCUT2D eigenvalue weighted by molar-refractivity contribution is -0.139. The first-order valence-corrected chi connectivity index (χ1v) is 15.9. The molecular formula is C41H52O4. The van der Waals surface area contributed by atoms with Crippen molar-refractivity contribution < 1.29 is 19.1 Å². The maximum absolute atomic E-state index is 12.0. The van der Waals surface area contributed by atoms with E-state index in [1.165, 1.54) is 106 Å². The van der Waals surface area contributed by atoms with Crippen LogP contribution in [0.25, 0.3) is 22.3 Å². The van der Waals surface area contributed by atoms with Crippen molar-refractivity contribution in [2.45, 2.75) is 103 Å². The fourth-order valence-corrected chi connectivity index (χ4v) is 7.02. The quantitative estimate of drug-likeness (QED) is 0.170. The molecule has 0 aliphatic rings. The molecule has 0 saturated carbocycles. The second kappa shape index (κ2) is 14.0. The molecule has 0 saturated heterocycles. The van der Waals surface area contributed by atoms with Crippen LogP contribution in [0.3, 0.4) is 0 Å². The SMILES string of the molecule is C=CC(=O)OCCc1c(C)c(C)c(-c2c(C)c(C)c(-c3c(C)c(C)c(CCOC(=O)C(=C)C)c(C)c3C)c(C)c2C)c(C)c1C. The molecule has 0 unspecified atom stereocenters. The Balaban J connectivity index is 2.19. The smallest absolute Gasteiger partial charge is 0.333 e. The van der Waals surface area contributed by atoms with Crippen LogP contribution in [0.4, 0.5) is 0 Å². The molecule has 0 radical (unpaired) electrons. The van der Waals surface area contributed by atoms with Crippen LogP contribution in [0.5, 0.6) is 0 Å². The number of hydrogen-bond donors (Lipinski definition) is 0. The summed E-state index contributed by atoms with van der Waals surface area (Å²) in [7, 11) is 0. The van der Waals surface area contributed by atoms with E-state index in [0.29, 0.717) is 31.6 Å². The predicted molar refractivity (Wildman–Crippen MR) is 188 cm³/mol. The molecule has 0 heterocycles. The van der Waals surface area contributed by atoms with Crippen molar-refractivity contribution in [3.8, 4) is 22.3 Å². The van der Waals surface area contributed by atoms with Crippen molar-refractivity contribution in [1.82, 2.24) is 0 Å². The van der Waals surface area contributed by atoms with Crippen molar-refractivity contribution in [2.75, 3.05) is 13.2 Å². The number of carbonyl (C=O) groups excluding carboxylic acids is 2. The fraction of sp³-hybridized carbons (Fsp3) is 0.415. The zero-order valence-corrected chi connectivity index (χ0v) is 30.0. The van der Waals surface area contributed by atoms with Gasteiger partial charge in [0.25, 0.3) is 0 Å². The summed E-state index contributed by atoms with van der Waals surface area (Å²) in [6.07, 6.45) is 2.57. The van der Waals surface area contributed by atoms with E-state index in [0.717, 1.165) is 0 Å². The molecule has 0 aromatic heterocycles. The molecule has 0 N–H and O–H groups in total. The lowest BCUT2D eigenvalue weighted by atomic mass is 9.76. The van der Waals surface area contributed by atoms with Crippen molar-refractivity contribution in [2.24, 2.45) is 0 Å². The molecule has 0 bridgehead atoms. The molecule has 0 spiro atoms. The van der Waals surface area contributed by atoms with Gasteiger partial charge in [0.1, 0.15) is 0 Å². The largest absolute Gasteiger partial charge is 0.462 e. The number of benzene rings is 3. The summed E-state index contributed by atoms with van der Waals surface area (Å²) in [5.41, 5.74) is 23.5. The van der Waals surface area contributed by atoms with Gasteiger partial charge in [0, 0.05) is 24.5 Å². The van der Waals surface area contributed by atoms with Crippen LogP contribution in [0.15, 0.2) is 24.8 Å². The first-order valence-electron chi connectivity index (χ1n) is 15.9. The van der Waals surface area contributed by atoms with Crippen LogP contribution in [0, 0.1) is 83.1 Å². The number of esters is 2. The van der Waals surface area contributed by atoms with E-state index in [4.69, 9.17) is 9.47 Å². The van der Waals surface area contributed by atoms with Gasteiger partial charge in [0.2, 0.25) is 0 Å². The van der Waals surface area contributed by atoms with Crippen LogP contribution in [-0.4, -0.2) is 25.2 Å². The number of hydrogen-bond acceptors (Lipinski definition) is 4. The van der Waals surface area contributed by atoms with E-state index in [9.17, 15) is 9.59 Å². The lowest BCUT2D eigenvalue weighted by Crippen LogP contribution is -2.12. The monoisotopic (exact) mass is 608 g/mol. The first kappa shape index (κ1) is 35.6. The molecule has 3 aromatic carbocycles. The highest BCUT2D eigenvalue weighted by molar-refractivity contribution is 5.89. The Bertz CT molecular complexity index is 1640. The van der Waals surface area contributed by atoms with Crippen molar-refractivity contribution in [1.29, 1.82) is 0 Å². The summed E-state index contributed by atoms with van der Waals surface area (Å²) >= 11 is 0. The molecule has 0 fully saturated rings. The Morgan fingerprint density at radius 2 is 0.778 bits per heavy atom. The zero-order chi connectivity index (χ0) is 34.1. The Kier molecular flexibility index (Phi) is 11.1. The van der Waals surface area contributed by atoms with Gasteiger partial charge >= 0.3 is 11.9 Å². The fourth-order valence-electron chi connectivity index (χ4n) is 7.02. The minimum Gasteiger partial charge on any atom is -0.462 e. The average molecular weight is 609 g/mol. The highest BCUT2D eigenvalue weighted by atomic mass is 16.5. The highest BCUT2D eigenvalue weighted by Gasteiger charge is 2.25. The zero-order valence-electron chi connectivity index (χ0n) is 30.0. The van der Waals surface area contributed by atoms with Crippen molar-refractivity contribution >= 4 is 11.9 Å². The van der Waals surface area contributed by atoms with Crippen LogP contribution in [-0.2, 0) is 31.9 Å². The maximum Gasteiger partial charge on any atom is 0.333 e. The van der Waals surface area contributed by atoms with Crippen LogP contribution in [0.1, 0.15) is 84.8 Å². The molecule has 0 atom stereocenters. The number of ether oxygens (including phenoxy) is 2. The summed E-state index contributed by atoms with van der Waals surface area (Å²) in [6.45, 7) is 36.3. The van der Waals surface area contributed by atoms with Crippen molar-refractivity contribution in [3.63, 3.8) is 0 Å². The average Bonchev–Trinajstić information content (AvgIpc) is 3.00. The molecule has 4 heteroatoms. The van der Waals surface area contributed by atoms with E-state index >= 15 is 0 Å². The van der Waals surface area contributed by atoms with Gasteiger partial charge in [0.15, 0.2) is 0 Å². The summed E-state index contributed by atoms with van der Waals surface area (Å²) in [6, 6.07) is 0. The minimum absolute atomic E-state index is 0.339. The third-order valence-corrected chi connectivity index (χ3v) is 10.4. The van der Waals surface area contributed by atoms with Gasteiger partial charge in [-0.15, -0.1) is 0 Å². The van der Waals surface area contributed by atoms with Gasteiger partial charge in [-0.2, -0.15) is 0 Å². The third-order valence-electron chi connectivity index (χ3n) is 10.4. The summed E-state index contributed by atoms with van der Waals surface area (Å²) in [4.78, 5) is 23.6. The molecule has 0 aliphatic carbocycles. The molecule has 0 aliphatic heterocycles. The first-order chi connectivity index (χ1) is 21.0. The maximum atomic E-state index is 12.0.